The summed E-state index contributed by atoms with van der Waals surface area (Å²) in [6.45, 7) is 0.905. The highest BCUT2D eigenvalue weighted by Gasteiger charge is 2.43. The molecule has 0 amide bonds. The molecule has 0 N–H and O–H groups in total. The monoisotopic (exact) mass is 320 g/mol. The van der Waals surface area contributed by atoms with E-state index in [4.69, 9.17) is 9.15 Å². The fraction of sp³-hybridized carbons (Fsp3) is 0.350. The molecule has 0 radical (unpaired) electrons. The van der Waals surface area contributed by atoms with Crippen LogP contribution in [-0.4, -0.2) is 35.6 Å². The van der Waals surface area contributed by atoms with Gasteiger partial charge in [0.25, 0.3) is 0 Å². The van der Waals surface area contributed by atoms with Crippen LogP contribution >= 0.6 is 0 Å². The molecule has 0 spiro atoms. The number of ether oxygens (including phenoxy) is 1. The van der Waals surface area contributed by atoms with E-state index >= 15 is 0 Å². The first-order valence-corrected chi connectivity index (χ1v) is 8.58. The van der Waals surface area contributed by atoms with Crippen molar-refractivity contribution in [3.05, 3.63) is 60.0 Å². The van der Waals surface area contributed by atoms with E-state index in [9.17, 15) is 0 Å². The van der Waals surface area contributed by atoms with Gasteiger partial charge in [0.2, 0.25) is 5.88 Å². The van der Waals surface area contributed by atoms with Gasteiger partial charge in [-0.25, -0.2) is 4.98 Å². The number of hydrogen-bond acceptors (Lipinski definition) is 4. The van der Waals surface area contributed by atoms with Crippen molar-refractivity contribution in [3.63, 3.8) is 0 Å². The number of fused-ring (bicyclic) bond motifs is 6. The summed E-state index contributed by atoms with van der Waals surface area (Å²) >= 11 is 0. The summed E-state index contributed by atoms with van der Waals surface area (Å²) in [5.74, 6) is 2.11. The molecule has 5 rings (SSSR count). The summed E-state index contributed by atoms with van der Waals surface area (Å²) in [4.78, 5) is 6.76. The summed E-state index contributed by atoms with van der Waals surface area (Å²) in [6.07, 6.45) is 4.00. The Kier molecular flexibility index (Phi) is 3.13. The van der Waals surface area contributed by atoms with Gasteiger partial charge < -0.3 is 9.15 Å². The summed E-state index contributed by atoms with van der Waals surface area (Å²) in [5.41, 5.74) is 2.36. The van der Waals surface area contributed by atoms with E-state index in [0.717, 1.165) is 30.7 Å². The second kappa shape index (κ2) is 5.35. The third kappa shape index (κ3) is 2.13. The predicted octanol–water partition coefficient (Wildman–Crippen LogP) is 3.62. The van der Waals surface area contributed by atoms with Crippen LogP contribution in [0, 0.1) is 0 Å². The molecule has 1 aromatic carbocycles. The van der Waals surface area contributed by atoms with Crippen molar-refractivity contribution in [2.24, 2.45) is 0 Å². The molecule has 3 atom stereocenters. The third-order valence-electron chi connectivity index (χ3n) is 5.48. The minimum Gasteiger partial charge on any atom is -0.472 e. The molecule has 24 heavy (non-hydrogen) atoms. The molecule has 2 aliphatic rings. The molecule has 122 valence electrons. The highest BCUT2D eigenvalue weighted by molar-refractivity contribution is 5.82. The molecule has 1 fully saturated rings. The van der Waals surface area contributed by atoms with E-state index in [1.54, 1.807) is 6.20 Å². The molecule has 3 heterocycles. The van der Waals surface area contributed by atoms with E-state index in [2.05, 4.69) is 35.1 Å². The van der Waals surface area contributed by atoms with Gasteiger partial charge in [-0.05, 0) is 32.0 Å². The number of aromatic nitrogens is 1. The zero-order valence-corrected chi connectivity index (χ0v) is 13.7. The van der Waals surface area contributed by atoms with Gasteiger partial charge in [0.1, 0.15) is 17.4 Å². The predicted molar refractivity (Wildman–Crippen MR) is 92.3 cm³/mol. The van der Waals surface area contributed by atoms with Gasteiger partial charge in [0, 0.05) is 35.8 Å². The Balaban J connectivity index is 1.57. The van der Waals surface area contributed by atoms with Crippen molar-refractivity contribution < 1.29 is 9.15 Å². The quantitative estimate of drug-likeness (QED) is 0.723. The topological polar surface area (TPSA) is 38.5 Å². The second-order valence-electron chi connectivity index (χ2n) is 6.91. The Morgan fingerprint density at radius 2 is 2.04 bits per heavy atom. The summed E-state index contributed by atoms with van der Waals surface area (Å²) in [6, 6.07) is 14.7. The minimum absolute atomic E-state index is 0.0702. The fourth-order valence-corrected chi connectivity index (χ4v) is 4.25. The molecule has 1 saturated heterocycles. The molecule has 2 bridgehead atoms. The second-order valence-corrected chi connectivity index (χ2v) is 6.91. The largest absolute Gasteiger partial charge is 0.472 e. The average molecular weight is 320 g/mol. The van der Waals surface area contributed by atoms with Crippen LogP contribution in [0.5, 0.6) is 5.88 Å². The molecular weight excluding hydrogens is 300 g/mol. The Labute approximate surface area is 141 Å². The van der Waals surface area contributed by atoms with E-state index < -0.39 is 0 Å². The first-order valence-electron chi connectivity index (χ1n) is 8.58. The van der Waals surface area contributed by atoms with Gasteiger partial charge in [0.05, 0.1) is 5.92 Å². The minimum atomic E-state index is 0.0702. The Morgan fingerprint density at radius 3 is 2.92 bits per heavy atom. The third-order valence-corrected chi connectivity index (χ3v) is 5.48. The van der Waals surface area contributed by atoms with Crippen LogP contribution < -0.4 is 4.74 Å². The lowest BCUT2D eigenvalue weighted by atomic mass is 9.77. The maximum absolute atomic E-state index is 6.26. The van der Waals surface area contributed by atoms with Gasteiger partial charge in [0.15, 0.2) is 0 Å². The number of rotatable bonds is 2. The number of para-hydroxylation sites is 1. The Bertz CT molecular complexity index is 874. The smallest absolute Gasteiger partial charge is 0.213 e. The molecule has 3 aromatic rings. The van der Waals surface area contributed by atoms with Crippen molar-refractivity contribution in [2.45, 2.75) is 30.9 Å². The lowest BCUT2D eigenvalue weighted by Gasteiger charge is -2.44. The van der Waals surface area contributed by atoms with Crippen LogP contribution in [0.3, 0.4) is 0 Å². The number of likely N-dealkylation sites (N-methyl/N-ethyl adjacent to an activating group) is 1. The van der Waals surface area contributed by atoms with Gasteiger partial charge in [-0.2, -0.15) is 0 Å². The maximum atomic E-state index is 6.26. The molecule has 1 aliphatic carbocycles. The van der Waals surface area contributed by atoms with E-state index in [0.29, 0.717) is 17.8 Å². The lowest BCUT2D eigenvalue weighted by molar-refractivity contribution is 0.0308. The molecule has 2 aromatic heterocycles. The normalized spacial score (nSPS) is 26.3. The highest BCUT2D eigenvalue weighted by atomic mass is 16.5. The summed E-state index contributed by atoms with van der Waals surface area (Å²) < 4.78 is 12.5. The van der Waals surface area contributed by atoms with Crippen LogP contribution in [0.25, 0.3) is 11.0 Å². The summed E-state index contributed by atoms with van der Waals surface area (Å²) in [7, 11) is 2.20. The first-order chi connectivity index (χ1) is 11.8. The maximum Gasteiger partial charge on any atom is 0.213 e. The lowest BCUT2D eigenvalue weighted by Crippen LogP contribution is -2.52. The van der Waals surface area contributed by atoms with E-state index in [1.807, 2.05) is 24.3 Å². The molecule has 0 saturated carbocycles. The van der Waals surface area contributed by atoms with E-state index in [1.165, 1.54) is 10.9 Å². The molecule has 4 heteroatoms. The zero-order valence-electron chi connectivity index (χ0n) is 13.7. The van der Waals surface area contributed by atoms with Gasteiger partial charge in [-0.3, -0.25) is 4.90 Å². The van der Waals surface area contributed by atoms with Crippen molar-refractivity contribution in [1.29, 1.82) is 0 Å². The van der Waals surface area contributed by atoms with Crippen molar-refractivity contribution in [1.82, 2.24) is 9.88 Å². The average Bonchev–Trinajstić information content (AvgIpc) is 2.99. The van der Waals surface area contributed by atoms with Crippen molar-refractivity contribution in [3.8, 4) is 5.88 Å². The fourth-order valence-electron chi connectivity index (χ4n) is 4.25. The van der Waals surface area contributed by atoms with Gasteiger partial charge in [-0.15, -0.1) is 0 Å². The number of piperidine rings is 1. The Morgan fingerprint density at radius 1 is 1.17 bits per heavy atom. The van der Waals surface area contributed by atoms with Crippen molar-refractivity contribution in [2.75, 3.05) is 13.6 Å². The number of furan rings is 1. The molecule has 0 unspecified atom stereocenters. The highest BCUT2D eigenvalue weighted by Crippen LogP contribution is 2.44. The first kappa shape index (κ1) is 14.1. The number of likely N-dealkylation sites (tertiary alicyclic amines) is 1. The molecule has 4 nitrogen and oxygen atoms in total. The summed E-state index contributed by atoms with van der Waals surface area (Å²) in [5, 5.41) is 1.26. The number of nitrogens with zero attached hydrogens (tertiary/aromatic N) is 2. The van der Waals surface area contributed by atoms with Crippen LogP contribution in [0.1, 0.15) is 23.7 Å². The van der Waals surface area contributed by atoms with E-state index in [-0.39, 0.29) is 6.10 Å². The standard InChI is InChI=1S/C20H20N2O2/c1-22-12-18(23-19-8-4-5-9-21-19)16-11-13(22)10-15-14-6-2-3-7-17(14)24-20(15)16/h2-9,13,16,18H,10-12H2,1H3/t13-,16+,18+/m0/s1. The van der Waals surface area contributed by atoms with Gasteiger partial charge >= 0.3 is 0 Å². The Hall–Kier alpha value is -2.33. The SMILES string of the molecule is CN1C[C@@H](Oc2ccccn2)[C@H]2C[C@@H]1Cc1c2oc2ccccc12. The molecular formula is C20H20N2O2. The van der Waals surface area contributed by atoms with Crippen LogP contribution in [0.2, 0.25) is 0 Å². The van der Waals surface area contributed by atoms with Crippen LogP contribution in [0.15, 0.2) is 53.1 Å². The van der Waals surface area contributed by atoms with Crippen LogP contribution in [-0.2, 0) is 6.42 Å². The van der Waals surface area contributed by atoms with Crippen LogP contribution in [0.4, 0.5) is 0 Å². The zero-order chi connectivity index (χ0) is 16.1. The number of benzene rings is 1. The number of hydrogen-bond donors (Lipinski definition) is 0. The molecule has 1 aliphatic heterocycles. The van der Waals surface area contributed by atoms with Crippen molar-refractivity contribution >= 4 is 11.0 Å². The number of pyridine rings is 1. The van der Waals surface area contributed by atoms with Gasteiger partial charge in [-0.1, -0.05) is 24.3 Å².